The molecule has 2 atom stereocenters. The van der Waals surface area contributed by atoms with Crippen LogP contribution in [0.5, 0.6) is 0 Å². The first kappa shape index (κ1) is 14.1. The van der Waals surface area contributed by atoms with Gasteiger partial charge < -0.3 is 11.1 Å². The van der Waals surface area contributed by atoms with Gasteiger partial charge in [-0.25, -0.2) is 0 Å². The second kappa shape index (κ2) is 6.71. The number of carbonyl (C=O) groups is 1. The van der Waals surface area contributed by atoms with Crippen LogP contribution in [0.15, 0.2) is 24.3 Å². The Morgan fingerprint density at radius 1 is 1.26 bits per heavy atom. The van der Waals surface area contributed by atoms with Crippen LogP contribution in [-0.4, -0.2) is 18.5 Å². The number of amides is 1. The molecular formula is C16H24N2O. The van der Waals surface area contributed by atoms with E-state index >= 15 is 0 Å². The highest BCUT2D eigenvalue weighted by molar-refractivity contribution is 5.79. The Kier molecular flexibility index (Phi) is 4.97. The number of nitrogens with one attached hydrogen (secondary N) is 1. The number of rotatable bonds is 5. The fourth-order valence-corrected chi connectivity index (χ4v) is 2.67. The van der Waals surface area contributed by atoms with Gasteiger partial charge in [0, 0.05) is 18.5 Å². The molecule has 3 nitrogen and oxygen atoms in total. The van der Waals surface area contributed by atoms with Crippen LogP contribution in [0.25, 0.3) is 0 Å². The van der Waals surface area contributed by atoms with E-state index in [4.69, 9.17) is 5.73 Å². The van der Waals surface area contributed by atoms with Crippen LogP contribution in [0.4, 0.5) is 0 Å². The molecule has 1 fully saturated rings. The van der Waals surface area contributed by atoms with Crippen LogP contribution in [0.1, 0.15) is 37.3 Å². The van der Waals surface area contributed by atoms with Crippen molar-refractivity contribution in [2.75, 3.05) is 6.54 Å². The third-order valence-electron chi connectivity index (χ3n) is 3.99. The monoisotopic (exact) mass is 260 g/mol. The lowest BCUT2D eigenvalue weighted by Crippen LogP contribution is -2.31. The van der Waals surface area contributed by atoms with Crippen molar-refractivity contribution in [1.29, 1.82) is 0 Å². The van der Waals surface area contributed by atoms with Crippen LogP contribution >= 0.6 is 0 Å². The molecule has 1 amide bonds. The van der Waals surface area contributed by atoms with Crippen molar-refractivity contribution in [2.45, 2.75) is 45.1 Å². The second-order valence-corrected chi connectivity index (χ2v) is 5.48. The van der Waals surface area contributed by atoms with Gasteiger partial charge in [0.1, 0.15) is 0 Å². The Labute approximate surface area is 115 Å². The maximum atomic E-state index is 11.9. The van der Waals surface area contributed by atoms with Gasteiger partial charge in [-0.3, -0.25) is 4.79 Å². The summed E-state index contributed by atoms with van der Waals surface area (Å²) in [5.74, 6) is 0.315. The lowest BCUT2D eigenvalue weighted by molar-refractivity contribution is -0.124. The highest BCUT2D eigenvalue weighted by Crippen LogP contribution is 2.23. The Bertz CT molecular complexity index is 413. The summed E-state index contributed by atoms with van der Waals surface area (Å²) in [6.07, 6.45) is 4.74. The number of carbonyl (C=O) groups excluding carboxylic acids is 1. The van der Waals surface area contributed by atoms with E-state index < -0.39 is 0 Å². The van der Waals surface area contributed by atoms with Crippen molar-refractivity contribution in [3.05, 3.63) is 35.4 Å². The van der Waals surface area contributed by atoms with Crippen LogP contribution in [0, 0.1) is 5.92 Å². The molecular weight excluding hydrogens is 236 g/mol. The van der Waals surface area contributed by atoms with Gasteiger partial charge in [-0.15, -0.1) is 0 Å². The highest BCUT2D eigenvalue weighted by atomic mass is 16.1. The fraction of sp³-hybridized carbons (Fsp3) is 0.562. The zero-order valence-corrected chi connectivity index (χ0v) is 11.7. The highest BCUT2D eigenvalue weighted by Gasteiger charge is 2.27. The summed E-state index contributed by atoms with van der Waals surface area (Å²) >= 11 is 0. The van der Waals surface area contributed by atoms with Gasteiger partial charge in [-0.1, -0.05) is 31.2 Å². The molecule has 3 heteroatoms. The zero-order valence-electron chi connectivity index (χ0n) is 11.7. The van der Waals surface area contributed by atoms with E-state index in [2.05, 4.69) is 36.5 Å². The quantitative estimate of drug-likeness (QED) is 0.851. The summed E-state index contributed by atoms with van der Waals surface area (Å²) in [6, 6.07) is 8.84. The van der Waals surface area contributed by atoms with E-state index in [-0.39, 0.29) is 17.9 Å². The molecule has 1 aliphatic rings. The first-order valence-electron chi connectivity index (χ1n) is 7.30. The van der Waals surface area contributed by atoms with Crippen LogP contribution in [-0.2, 0) is 17.6 Å². The molecule has 2 rings (SSSR count). The maximum Gasteiger partial charge on any atom is 0.223 e. The van der Waals surface area contributed by atoms with E-state index in [0.717, 1.165) is 38.6 Å². The molecule has 1 aromatic carbocycles. The molecule has 0 radical (unpaired) electrons. The van der Waals surface area contributed by atoms with E-state index in [1.807, 2.05) is 0 Å². The summed E-state index contributed by atoms with van der Waals surface area (Å²) in [5, 5.41) is 3.03. The molecule has 3 N–H and O–H groups in total. The Morgan fingerprint density at radius 3 is 2.53 bits per heavy atom. The van der Waals surface area contributed by atoms with Gasteiger partial charge in [-0.05, 0) is 43.2 Å². The van der Waals surface area contributed by atoms with Crippen molar-refractivity contribution in [3.8, 4) is 0 Å². The lowest BCUT2D eigenvalue weighted by Gasteiger charge is -2.10. The summed E-state index contributed by atoms with van der Waals surface area (Å²) in [4.78, 5) is 11.9. The van der Waals surface area contributed by atoms with Crippen LogP contribution < -0.4 is 11.1 Å². The topological polar surface area (TPSA) is 55.1 Å². The van der Waals surface area contributed by atoms with E-state index in [1.165, 1.54) is 11.1 Å². The normalized spacial score (nSPS) is 22.4. The van der Waals surface area contributed by atoms with Crippen LogP contribution in [0.2, 0.25) is 0 Å². The average molecular weight is 260 g/mol. The molecule has 0 aromatic heterocycles. The first-order valence-corrected chi connectivity index (χ1v) is 7.30. The Hall–Kier alpha value is -1.35. The average Bonchev–Trinajstić information content (AvgIpc) is 2.86. The van der Waals surface area contributed by atoms with Crippen molar-refractivity contribution in [2.24, 2.45) is 11.7 Å². The Balaban J connectivity index is 1.72. The summed E-state index contributed by atoms with van der Waals surface area (Å²) in [5.41, 5.74) is 8.46. The number of hydrogen-bond acceptors (Lipinski definition) is 2. The minimum Gasteiger partial charge on any atom is -0.356 e. The molecule has 19 heavy (non-hydrogen) atoms. The molecule has 1 aliphatic carbocycles. The number of aryl methyl sites for hydroxylation is 1. The molecule has 1 saturated carbocycles. The molecule has 2 unspecified atom stereocenters. The van der Waals surface area contributed by atoms with Gasteiger partial charge in [0.2, 0.25) is 5.91 Å². The van der Waals surface area contributed by atoms with Gasteiger partial charge in [-0.2, -0.15) is 0 Å². The predicted octanol–water partition coefficient (Wildman–Crippen LogP) is 2.04. The maximum absolute atomic E-state index is 11.9. The van der Waals surface area contributed by atoms with E-state index in [1.54, 1.807) is 0 Å². The third kappa shape index (κ3) is 4.06. The van der Waals surface area contributed by atoms with Crippen molar-refractivity contribution in [1.82, 2.24) is 5.32 Å². The van der Waals surface area contributed by atoms with Gasteiger partial charge in [0.15, 0.2) is 0 Å². The SMILES string of the molecule is CCc1ccc(CCNC(=O)C2CCC(N)C2)cc1. The third-order valence-corrected chi connectivity index (χ3v) is 3.99. The molecule has 0 spiro atoms. The minimum absolute atomic E-state index is 0.137. The minimum atomic E-state index is 0.137. The van der Waals surface area contributed by atoms with E-state index in [9.17, 15) is 4.79 Å². The number of benzene rings is 1. The van der Waals surface area contributed by atoms with Crippen molar-refractivity contribution in [3.63, 3.8) is 0 Å². The summed E-state index contributed by atoms with van der Waals surface area (Å²) in [7, 11) is 0. The second-order valence-electron chi connectivity index (χ2n) is 5.48. The zero-order chi connectivity index (χ0) is 13.7. The van der Waals surface area contributed by atoms with Gasteiger partial charge >= 0.3 is 0 Å². The molecule has 0 aliphatic heterocycles. The summed E-state index contributed by atoms with van der Waals surface area (Å²) in [6.45, 7) is 2.87. The van der Waals surface area contributed by atoms with Crippen LogP contribution in [0.3, 0.4) is 0 Å². The molecule has 104 valence electrons. The standard InChI is InChI=1S/C16H24N2O/c1-2-12-3-5-13(6-4-12)9-10-18-16(19)14-7-8-15(17)11-14/h3-6,14-15H,2,7-11,17H2,1H3,(H,18,19). The number of hydrogen-bond donors (Lipinski definition) is 2. The molecule has 1 aromatic rings. The largest absolute Gasteiger partial charge is 0.356 e. The first-order chi connectivity index (χ1) is 9.19. The Morgan fingerprint density at radius 2 is 1.95 bits per heavy atom. The van der Waals surface area contributed by atoms with Crippen molar-refractivity contribution >= 4 is 5.91 Å². The molecule has 0 saturated heterocycles. The molecule has 0 bridgehead atoms. The van der Waals surface area contributed by atoms with Crippen molar-refractivity contribution < 1.29 is 4.79 Å². The van der Waals surface area contributed by atoms with Gasteiger partial charge in [0.25, 0.3) is 0 Å². The predicted molar refractivity (Wildman–Crippen MR) is 77.9 cm³/mol. The molecule has 0 heterocycles. The smallest absolute Gasteiger partial charge is 0.223 e. The summed E-state index contributed by atoms with van der Waals surface area (Å²) < 4.78 is 0. The van der Waals surface area contributed by atoms with E-state index in [0.29, 0.717) is 0 Å². The van der Waals surface area contributed by atoms with Gasteiger partial charge in [0.05, 0.1) is 0 Å². The number of nitrogens with two attached hydrogens (primary N) is 1. The lowest BCUT2D eigenvalue weighted by atomic mass is 10.1. The fourth-order valence-electron chi connectivity index (χ4n) is 2.67.